The Labute approximate surface area is 235 Å². The Bertz CT molecular complexity index is 883. The van der Waals surface area contributed by atoms with E-state index in [0.29, 0.717) is 18.1 Å². The van der Waals surface area contributed by atoms with Gasteiger partial charge in [-0.1, -0.05) is 97.4 Å². The second kappa shape index (κ2) is 20.5. The normalized spacial score (nSPS) is 14.0. The number of nitrogens with one attached hydrogen (secondary N) is 4. The minimum atomic E-state index is 0. The zero-order chi connectivity index (χ0) is 27.6. The van der Waals surface area contributed by atoms with Crippen LogP contribution in [-0.4, -0.2) is 34.2 Å². The monoisotopic (exact) mass is 520 g/mol. The van der Waals surface area contributed by atoms with Gasteiger partial charge in [-0.25, -0.2) is 0 Å². The lowest BCUT2D eigenvalue weighted by Gasteiger charge is -2.09. The minimum Gasteiger partial charge on any atom is -0.317 e. The predicted octanol–water partition coefficient (Wildman–Crippen LogP) is 7.52. The van der Waals surface area contributed by atoms with E-state index >= 15 is 0 Å². The van der Waals surface area contributed by atoms with Crippen molar-refractivity contribution in [3.05, 3.63) is 107 Å². The van der Waals surface area contributed by atoms with Gasteiger partial charge in [0, 0.05) is 24.2 Å². The van der Waals surface area contributed by atoms with Gasteiger partial charge in [0.15, 0.2) is 0 Å². The van der Waals surface area contributed by atoms with Crippen LogP contribution in [0.25, 0.3) is 0 Å². The molecule has 0 aromatic heterocycles. The highest BCUT2D eigenvalue weighted by molar-refractivity contribution is 5.24. The quantitative estimate of drug-likeness (QED) is 0.260. The molecule has 0 bridgehead atoms. The number of benzene rings is 3. The van der Waals surface area contributed by atoms with Gasteiger partial charge in [0.05, 0.1) is 0 Å². The molecule has 4 N–H and O–H groups in total. The standard InChI is InChI=1S/2C10H15N.C9H13N.C4H9N.CH4/c2*1-8-4-6-10(7-5-8)9(2)11-3;1-8(10-2)9-6-4-3-5-7-9;1-5-4-2-3-4;/h2*4-7,9,11H,1-3H3;3-8,10H,1-2H3;4-5H,2-3H2,1H3;1H4/t2*9-;8-;;/m111../s1. The maximum Gasteiger partial charge on any atom is 0.0289 e. The van der Waals surface area contributed by atoms with Crippen LogP contribution in [0.3, 0.4) is 0 Å². The molecule has 1 fully saturated rings. The van der Waals surface area contributed by atoms with Gasteiger partial charge in [0.2, 0.25) is 0 Å². The summed E-state index contributed by atoms with van der Waals surface area (Å²) in [6.45, 7) is 10.7. The first-order chi connectivity index (χ1) is 17.7. The van der Waals surface area contributed by atoms with Gasteiger partial charge in [0.25, 0.3) is 0 Å². The van der Waals surface area contributed by atoms with Crippen molar-refractivity contribution in [3.8, 4) is 0 Å². The topological polar surface area (TPSA) is 48.1 Å². The Morgan fingerprint density at radius 1 is 0.526 bits per heavy atom. The highest BCUT2D eigenvalue weighted by Crippen LogP contribution is 2.17. The fourth-order valence-electron chi connectivity index (χ4n) is 3.32. The zero-order valence-corrected chi connectivity index (χ0v) is 24.7. The number of aryl methyl sites for hydroxylation is 2. The van der Waals surface area contributed by atoms with Crippen LogP contribution in [0.2, 0.25) is 0 Å². The molecule has 3 aromatic carbocycles. The molecule has 4 nitrogen and oxygen atoms in total. The lowest BCUT2D eigenvalue weighted by Crippen LogP contribution is -2.11. The first kappa shape index (κ1) is 35.5. The van der Waals surface area contributed by atoms with Crippen LogP contribution in [-0.2, 0) is 0 Å². The van der Waals surface area contributed by atoms with Gasteiger partial charge in [-0.2, -0.15) is 0 Å². The van der Waals surface area contributed by atoms with Crippen molar-refractivity contribution in [2.45, 2.75) is 79.1 Å². The second-order valence-electron chi connectivity index (χ2n) is 9.83. The summed E-state index contributed by atoms with van der Waals surface area (Å²) in [5.41, 5.74) is 6.66. The Kier molecular flexibility index (Phi) is 19.1. The highest BCUT2D eigenvalue weighted by atomic mass is 14.9. The molecule has 0 aliphatic heterocycles. The van der Waals surface area contributed by atoms with Crippen molar-refractivity contribution in [3.63, 3.8) is 0 Å². The Morgan fingerprint density at radius 2 is 0.842 bits per heavy atom. The zero-order valence-electron chi connectivity index (χ0n) is 24.7. The van der Waals surface area contributed by atoms with Crippen LogP contribution in [0.5, 0.6) is 0 Å². The summed E-state index contributed by atoms with van der Waals surface area (Å²) < 4.78 is 0. The van der Waals surface area contributed by atoms with Gasteiger partial charge < -0.3 is 21.3 Å². The van der Waals surface area contributed by atoms with Crippen molar-refractivity contribution in [2.75, 3.05) is 28.2 Å². The largest absolute Gasteiger partial charge is 0.317 e. The van der Waals surface area contributed by atoms with Crippen molar-refractivity contribution >= 4 is 0 Å². The first-order valence-corrected chi connectivity index (χ1v) is 13.6. The van der Waals surface area contributed by atoms with Crippen molar-refractivity contribution in [2.24, 2.45) is 0 Å². The molecule has 3 atom stereocenters. The number of hydrogen-bond acceptors (Lipinski definition) is 4. The molecule has 4 heteroatoms. The molecule has 1 saturated carbocycles. The molecular weight excluding hydrogens is 464 g/mol. The minimum absolute atomic E-state index is 0. The van der Waals surface area contributed by atoms with Gasteiger partial charge in [0.1, 0.15) is 0 Å². The summed E-state index contributed by atoms with van der Waals surface area (Å²) in [7, 11) is 7.93. The molecular formula is C34H56N4. The van der Waals surface area contributed by atoms with Crippen LogP contribution < -0.4 is 21.3 Å². The number of rotatable bonds is 7. The lowest BCUT2D eigenvalue weighted by molar-refractivity contribution is 0.652. The van der Waals surface area contributed by atoms with Crippen molar-refractivity contribution < 1.29 is 0 Å². The van der Waals surface area contributed by atoms with E-state index in [2.05, 4.69) is 129 Å². The van der Waals surface area contributed by atoms with Gasteiger partial charge in [-0.15, -0.1) is 0 Å². The molecule has 1 aliphatic rings. The van der Waals surface area contributed by atoms with Crippen LogP contribution in [0.15, 0.2) is 78.9 Å². The molecule has 3 aromatic rings. The molecule has 0 heterocycles. The van der Waals surface area contributed by atoms with E-state index in [1.54, 1.807) is 0 Å². The summed E-state index contributed by atoms with van der Waals surface area (Å²) >= 11 is 0. The van der Waals surface area contributed by atoms with E-state index in [1.165, 1.54) is 40.7 Å². The molecule has 0 radical (unpaired) electrons. The van der Waals surface area contributed by atoms with E-state index in [-0.39, 0.29) is 7.43 Å². The molecule has 0 saturated heterocycles. The molecule has 1 aliphatic carbocycles. The maximum atomic E-state index is 3.20. The van der Waals surface area contributed by atoms with Crippen molar-refractivity contribution in [1.82, 2.24) is 21.3 Å². The molecule has 0 amide bonds. The maximum absolute atomic E-state index is 3.20. The van der Waals surface area contributed by atoms with E-state index in [1.807, 2.05) is 34.3 Å². The van der Waals surface area contributed by atoms with Crippen LogP contribution in [0, 0.1) is 13.8 Å². The molecule has 212 valence electrons. The summed E-state index contributed by atoms with van der Waals surface area (Å²) in [4.78, 5) is 0. The second-order valence-corrected chi connectivity index (χ2v) is 9.83. The van der Waals surface area contributed by atoms with Gasteiger partial charge in [-0.05, 0) is 92.3 Å². The van der Waals surface area contributed by atoms with E-state index < -0.39 is 0 Å². The molecule has 4 rings (SSSR count). The predicted molar refractivity (Wildman–Crippen MR) is 170 cm³/mol. The molecule has 38 heavy (non-hydrogen) atoms. The van der Waals surface area contributed by atoms with Crippen LogP contribution in [0.4, 0.5) is 0 Å². The first-order valence-electron chi connectivity index (χ1n) is 13.6. The van der Waals surface area contributed by atoms with E-state index in [4.69, 9.17) is 0 Å². The van der Waals surface area contributed by atoms with E-state index in [0.717, 1.165) is 6.04 Å². The Morgan fingerprint density at radius 3 is 1.08 bits per heavy atom. The van der Waals surface area contributed by atoms with Crippen molar-refractivity contribution in [1.29, 1.82) is 0 Å². The third-order valence-electron chi connectivity index (χ3n) is 6.74. The summed E-state index contributed by atoms with van der Waals surface area (Å²) in [6.07, 6.45) is 2.80. The Hall–Kier alpha value is -2.50. The third kappa shape index (κ3) is 15.0. The van der Waals surface area contributed by atoms with Gasteiger partial charge >= 0.3 is 0 Å². The SMILES string of the molecule is C.CNC1CC1.CN[C@H](C)c1ccc(C)cc1.CN[C@H](C)c1ccc(C)cc1.CN[C@H](C)c1ccccc1. The fraction of sp³-hybridized carbons (Fsp3) is 0.471. The van der Waals surface area contributed by atoms with Crippen LogP contribution in [0.1, 0.15) is 87.0 Å². The fourth-order valence-corrected chi connectivity index (χ4v) is 3.32. The average Bonchev–Trinajstić information content (AvgIpc) is 3.79. The Balaban J connectivity index is 0.000000490. The average molecular weight is 521 g/mol. The molecule has 0 spiro atoms. The number of hydrogen-bond donors (Lipinski definition) is 4. The van der Waals surface area contributed by atoms with Gasteiger partial charge in [-0.3, -0.25) is 0 Å². The third-order valence-corrected chi connectivity index (χ3v) is 6.74. The van der Waals surface area contributed by atoms with E-state index in [9.17, 15) is 0 Å². The summed E-state index contributed by atoms with van der Waals surface area (Å²) in [5, 5.41) is 12.7. The smallest absolute Gasteiger partial charge is 0.0289 e. The molecule has 0 unspecified atom stereocenters. The van der Waals surface area contributed by atoms with Crippen LogP contribution >= 0.6 is 0 Å². The highest BCUT2D eigenvalue weighted by Gasteiger charge is 2.17. The summed E-state index contributed by atoms with van der Waals surface area (Å²) in [5.74, 6) is 0. The lowest BCUT2D eigenvalue weighted by atomic mass is 10.1. The summed E-state index contributed by atoms with van der Waals surface area (Å²) in [6, 6.07) is 29.9.